The maximum atomic E-state index is 12.1. The van der Waals surface area contributed by atoms with Gasteiger partial charge in [0.05, 0.1) is 4.34 Å². The smallest absolute Gasteiger partial charge is 0.317 e. The molecule has 0 aliphatic carbocycles. The van der Waals surface area contributed by atoms with Crippen LogP contribution < -0.4 is 5.32 Å². The molecule has 0 saturated carbocycles. The van der Waals surface area contributed by atoms with Crippen LogP contribution >= 0.6 is 22.9 Å². The van der Waals surface area contributed by atoms with Crippen LogP contribution in [0.25, 0.3) is 0 Å². The van der Waals surface area contributed by atoms with Gasteiger partial charge in [-0.15, -0.1) is 11.3 Å². The largest absolute Gasteiger partial charge is 0.333 e. The van der Waals surface area contributed by atoms with Crippen molar-refractivity contribution in [3.05, 3.63) is 21.3 Å². The molecule has 2 heterocycles. The summed E-state index contributed by atoms with van der Waals surface area (Å²) in [6.07, 6.45) is 0. The summed E-state index contributed by atoms with van der Waals surface area (Å²) in [5.41, 5.74) is -0.179. The van der Waals surface area contributed by atoms with Crippen molar-refractivity contribution in [2.45, 2.75) is 32.9 Å². The zero-order valence-electron chi connectivity index (χ0n) is 12.3. The number of carbonyl (C=O) groups is 1. The summed E-state index contributed by atoms with van der Waals surface area (Å²) >= 11 is 7.57. The highest BCUT2D eigenvalue weighted by atomic mass is 35.5. The van der Waals surface area contributed by atoms with Gasteiger partial charge >= 0.3 is 6.03 Å². The Morgan fingerprint density at radius 1 is 1.30 bits per heavy atom. The quantitative estimate of drug-likeness (QED) is 0.910. The summed E-state index contributed by atoms with van der Waals surface area (Å²) in [7, 11) is 0. The highest BCUT2D eigenvalue weighted by Gasteiger charge is 2.24. The van der Waals surface area contributed by atoms with E-state index in [0.29, 0.717) is 0 Å². The van der Waals surface area contributed by atoms with Crippen LogP contribution in [-0.2, 0) is 6.54 Å². The van der Waals surface area contributed by atoms with Crippen molar-refractivity contribution in [3.8, 4) is 0 Å². The number of carbonyl (C=O) groups excluding carboxylic acids is 1. The zero-order chi connectivity index (χ0) is 14.8. The zero-order valence-corrected chi connectivity index (χ0v) is 13.9. The molecule has 4 nitrogen and oxygen atoms in total. The van der Waals surface area contributed by atoms with Crippen LogP contribution in [0, 0.1) is 0 Å². The van der Waals surface area contributed by atoms with Crippen molar-refractivity contribution in [1.29, 1.82) is 0 Å². The standard InChI is InChI=1S/C14H22ClN3OS/c1-14(2,3)16-13(19)18-8-6-17(7-9-18)10-11-4-5-12(15)20-11/h4-5H,6-10H2,1-3H3,(H,16,19). The van der Waals surface area contributed by atoms with E-state index in [1.165, 1.54) is 4.88 Å². The molecular weight excluding hydrogens is 294 g/mol. The molecule has 0 unspecified atom stereocenters. The first kappa shape index (κ1) is 15.6. The maximum Gasteiger partial charge on any atom is 0.317 e. The van der Waals surface area contributed by atoms with Crippen LogP contribution in [0.2, 0.25) is 4.34 Å². The van der Waals surface area contributed by atoms with Crippen LogP contribution in [0.15, 0.2) is 12.1 Å². The van der Waals surface area contributed by atoms with E-state index in [1.807, 2.05) is 31.7 Å². The fourth-order valence-electron chi connectivity index (χ4n) is 2.17. The van der Waals surface area contributed by atoms with Gasteiger partial charge in [0.1, 0.15) is 0 Å². The lowest BCUT2D eigenvalue weighted by molar-refractivity contribution is 0.131. The first-order chi connectivity index (χ1) is 9.33. The molecule has 2 amide bonds. The molecule has 1 aromatic rings. The minimum absolute atomic E-state index is 0.0383. The molecule has 1 saturated heterocycles. The molecule has 0 spiro atoms. The molecular formula is C14H22ClN3OS. The lowest BCUT2D eigenvalue weighted by Crippen LogP contribution is -2.54. The molecule has 1 aromatic heterocycles. The summed E-state index contributed by atoms with van der Waals surface area (Å²) in [6, 6.07) is 4.05. The average Bonchev–Trinajstić information content (AvgIpc) is 2.73. The van der Waals surface area contributed by atoms with Crippen molar-refractivity contribution < 1.29 is 4.79 Å². The summed E-state index contributed by atoms with van der Waals surface area (Å²) in [5.74, 6) is 0. The molecule has 0 aromatic carbocycles. The maximum absolute atomic E-state index is 12.1. The van der Waals surface area contributed by atoms with Gasteiger partial charge in [0.15, 0.2) is 0 Å². The number of hydrogen-bond donors (Lipinski definition) is 1. The van der Waals surface area contributed by atoms with E-state index in [2.05, 4.69) is 16.3 Å². The number of piperazine rings is 1. The lowest BCUT2D eigenvalue weighted by Gasteiger charge is -2.36. The van der Waals surface area contributed by atoms with Gasteiger partial charge in [0.2, 0.25) is 0 Å². The van der Waals surface area contributed by atoms with Crippen LogP contribution in [0.1, 0.15) is 25.6 Å². The average molecular weight is 316 g/mol. The Morgan fingerprint density at radius 3 is 2.45 bits per heavy atom. The fourth-order valence-corrected chi connectivity index (χ4v) is 3.30. The van der Waals surface area contributed by atoms with E-state index >= 15 is 0 Å². The monoisotopic (exact) mass is 315 g/mol. The van der Waals surface area contributed by atoms with E-state index in [0.717, 1.165) is 37.1 Å². The number of urea groups is 1. The fraction of sp³-hybridized carbons (Fsp3) is 0.643. The van der Waals surface area contributed by atoms with E-state index in [1.54, 1.807) is 11.3 Å². The SMILES string of the molecule is CC(C)(C)NC(=O)N1CCN(Cc2ccc(Cl)s2)CC1. The number of hydrogen-bond acceptors (Lipinski definition) is 3. The van der Waals surface area contributed by atoms with Crippen molar-refractivity contribution in [3.63, 3.8) is 0 Å². The van der Waals surface area contributed by atoms with Gasteiger partial charge < -0.3 is 10.2 Å². The van der Waals surface area contributed by atoms with Crippen LogP contribution in [0.4, 0.5) is 4.79 Å². The predicted molar refractivity (Wildman–Crippen MR) is 84.5 cm³/mol. The molecule has 1 aliphatic rings. The molecule has 112 valence electrons. The summed E-state index contributed by atoms with van der Waals surface area (Å²) in [4.78, 5) is 17.6. The first-order valence-electron chi connectivity index (χ1n) is 6.87. The van der Waals surface area contributed by atoms with Gasteiger partial charge in [-0.1, -0.05) is 11.6 Å². The van der Waals surface area contributed by atoms with Crippen molar-refractivity contribution in [2.24, 2.45) is 0 Å². The van der Waals surface area contributed by atoms with Gasteiger partial charge in [0.25, 0.3) is 0 Å². The third kappa shape index (κ3) is 4.65. The molecule has 0 atom stereocenters. The molecule has 6 heteroatoms. The molecule has 20 heavy (non-hydrogen) atoms. The third-order valence-corrected chi connectivity index (χ3v) is 4.37. The van der Waals surface area contributed by atoms with E-state index in [-0.39, 0.29) is 11.6 Å². The Balaban J connectivity index is 1.79. The van der Waals surface area contributed by atoms with Gasteiger partial charge in [-0.05, 0) is 32.9 Å². The van der Waals surface area contributed by atoms with Crippen molar-refractivity contribution in [1.82, 2.24) is 15.1 Å². The second kappa shape index (κ2) is 6.33. The van der Waals surface area contributed by atoms with Crippen molar-refractivity contribution in [2.75, 3.05) is 26.2 Å². The highest BCUT2D eigenvalue weighted by Crippen LogP contribution is 2.23. The van der Waals surface area contributed by atoms with Gasteiger partial charge in [-0.25, -0.2) is 4.79 Å². The Morgan fingerprint density at radius 2 is 1.95 bits per heavy atom. The highest BCUT2D eigenvalue weighted by molar-refractivity contribution is 7.16. The number of amides is 2. The summed E-state index contributed by atoms with van der Waals surface area (Å²) in [6.45, 7) is 10.3. The summed E-state index contributed by atoms with van der Waals surface area (Å²) < 4.78 is 0.836. The summed E-state index contributed by atoms with van der Waals surface area (Å²) in [5, 5.41) is 3.01. The number of thiophene rings is 1. The Hall–Kier alpha value is -0.780. The van der Waals surface area contributed by atoms with Gasteiger partial charge in [0, 0.05) is 43.1 Å². The normalized spacial score (nSPS) is 17.3. The second-order valence-corrected chi connectivity index (χ2v) is 7.95. The molecule has 1 fully saturated rings. The Labute approximate surface area is 129 Å². The number of halogens is 1. The van der Waals surface area contributed by atoms with E-state index in [9.17, 15) is 4.79 Å². The molecule has 2 rings (SSSR count). The second-order valence-electron chi connectivity index (χ2n) is 6.15. The van der Waals surface area contributed by atoms with E-state index < -0.39 is 0 Å². The Kier molecular flexibility index (Phi) is 4.94. The minimum atomic E-state index is -0.179. The Bertz CT molecular complexity index is 461. The van der Waals surface area contributed by atoms with Crippen LogP contribution in [0.3, 0.4) is 0 Å². The molecule has 0 bridgehead atoms. The topological polar surface area (TPSA) is 35.6 Å². The molecule has 1 aliphatic heterocycles. The number of rotatable bonds is 2. The van der Waals surface area contributed by atoms with Crippen LogP contribution in [-0.4, -0.2) is 47.5 Å². The van der Waals surface area contributed by atoms with Crippen LogP contribution in [0.5, 0.6) is 0 Å². The lowest BCUT2D eigenvalue weighted by atomic mass is 10.1. The minimum Gasteiger partial charge on any atom is -0.333 e. The predicted octanol–water partition coefficient (Wildman–Crippen LogP) is 3.03. The van der Waals surface area contributed by atoms with Crippen molar-refractivity contribution >= 4 is 29.0 Å². The number of nitrogens with zero attached hydrogens (tertiary/aromatic N) is 2. The third-order valence-electron chi connectivity index (χ3n) is 3.15. The van der Waals surface area contributed by atoms with Gasteiger partial charge in [-0.3, -0.25) is 4.90 Å². The van der Waals surface area contributed by atoms with E-state index in [4.69, 9.17) is 11.6 Å². The molecule has 0 radical (unpaired) electrons. The number of nitrogens with one attached hydrogen (secondary N) is 1. The van der Waals surface area contributed by atoms with Gasteiger partial charge in [-0.2, -0.15) is 0 Å². The first-order valence-corrected chi connectivity index (χ1v) is 8.06. The molecule has 1 N–H and O–H groups in total.